The Bertz CT molecular complexity index is 447. The third-order valence-corrected chi connectivity index (χ3v) is 3.44. The molecule has 0 spiro atoms. The molecule has 0 saturated carbocycles. The van der Waals surface area contributed by atoms with Crippen LogP contribution < -0.4 is 22.1 Å². The van der Waals surface area contributed by atoms with Gasteiger partial charge in [-0.25, -0.2) is 4.79 Å². The fourth-order valence-electron chi connectivity index (χ4n) is 1.54. The molecule has 3 atom stereocenters. The third-order valence-electron chi connectivity index (χ3n) is 2.80. The number of aliphatic hydroxyl groups excluding tert-OH is 1. The van der Waals surface area contributed by atoms with E-state index >= 15 is 0 Å². The summed E-state index contributed by atoms with van der Waals surface area (Å²) in [6.45, 7) is -0.651. The highest BCUT2D eigenvalue weighted by atomic mass is 32.2. The first-order valence-electron chi connectivity index (χ1n) is 6.70. The Morgan fingerprint density at radius 2 is 1.70 bits per heavy atom. The van der Waals surface area contributed by atoms with E-state index in [4.69, 9.17) is 21.7 Å². The molecule has 3 unspecified atom stereocenters. The van der Waals surface area contributed by atoms with Crippen molar-refractivity contribution in [3.8, 4) is 0 Å². The lowest BCUT2D eigenvalue weighted by Gasteiger charge is -2.21. The molecule has 0 radical (unpaired) electrons. The first-order chi connectivity index (χ1) is 10.7. The van der Waals surface area contributed by atoms with Crippen molar-refractivity contribution < 1.29 is 29.4 Å². The van der Waals surface area contributed by atoms with E-state index in [1.165, 1.54) is 11.8 Å². The summed E-state index contributed by atoms with van der Waals surface area (Å²) in [5, 5.41) is 22.3. The molecule has 0 aliphatic heterocycles. The molecule has 132 valence electrons. The van der Waals surface area contributed by atoms with E-state index < -0.39 is 54.8 Å². The predicted octanol–water partition coefficient (Wildman–Crippen LogP) is -3.01. The highest BCUT2D eigenvalue weighted by Gasteiger charge is 2.28. The van der Waals surface area contributed by atoms with E-state index in [0.717, 1.165) is 0 Å². The molecule has 0 aliphatic carbocycles. The molecule has 23 heavy (non-hydrogen) atoms. The van der Waals surface area contributed by atoms with Gasteiger partial charge in [0.15, 0.2) is 0 Å². The number of carboxylic acid groups (broad SMARTS) is 1. The number of nitrogens with two attached hydrogens (primary N) is 2. The number of carboxylic acids is 1. The van der Waals surface area contributed by atoms with Crippen molar-refractivity contribution in [2.75, 3.05) is 18.6 Å². The van der Waals surface area contributed by atoms with Gasteiger partial charge in [0.1, 0.15) is 18.1 Å². The van der Waals surface area contributed by atoms with Gasteiger partial charge < -0.3 is 32.3 Å². The van der Waals surface area contributed by atoms with Crippen molar-refractivity contribution in [1.82, 2.24) is 10.6 Å². The average molecular weight is 350 g/mol. The number of aliphatic carboxylic acids is 1. The topological polar surface area (TPSA) is 185 Å². The summed E-state index contributed by atoms with van der Waals surface area (Å²) < 4.78 is 0. The summed E-state index contributed by atoms with van der Waals surface area (Å²) in [7, 11) is 0. The van der Waals surface area contributed by atoms with Gasteiger partial charge in [-0.1, -0.05) is 0 Å². The van der Waals surface area contributed by atoms with Gasteiger partial charge in [-0.15, -0.1) is 0 Å². The van der Waals surface area contributed by atoms with Crippen molar-refractivity contribution in [3.05, 3.63) is 0 Å². The van der Waals surface area contributed by atoms with Gasteiger partial charge in [-0.3, -0.25) is 14.4 Å². The number of carbonyl (C=O) groups excluding carboxylic acids is 3. The fraction of sp³-hybridized carbons (Fsp3) is 0.667. The van der Waals surface area contributed by atoms with Crippen LogP contribution in [0, 0.1) is 0 Å². The van der Waals surface area contributed by atoms with Gasteiger partial charge in [-0.05, 0) is 18.4 Å². The van der Waals surface area contributed by atoms with Crippen LogP contribution >= 0.6 is 11.8 Å². The summed E-state index contributed by atoms with van der Waals surface area (Å²) in [5.41, 5.74) is 10.3. The second-order valence-corrected chi connectivity index (χ2v) is 5.69. The Hall–Kier alpha value is -1.85. The van der Waals surface area contributed by atoms with Crippen LogP contribution in [0.25, 0.3) is 0 Å². The molecule has 0 bridgehead atoms. The zero-order valence-electron chi connectivity index (χ0n) is 12.7. The number of rotatable bonds is 11. The van der Waals surface area contributed by atoms with E-state index in [2.05, 4.69) is 10.6 Å². The van der Waals surface area contributed by atoms with Crippen LogP contribution in [0.3, 0.4) is 0 Å². The molecule has 11 heteroatoms. The number of amides is 3. The van der Waals surface area contributed by atoms with Gasteiger partial charge in [0.2, 0.25) is 17.7 Å². The molecular weight excluding hydrogens is 328 g/mol. The number of nitrogens with one attached hydrogen (secondary N) is 2. The predicted molar refractivity (Wildman–Crippen MR) is 83.4 cm³/mol. The lowest BCUT2D eigenvalue weighted by molar-refractivity contribution is -0.142. The van der Waals surface area contributed by atoms with Crippen molar-refractivity contribution >= 4 is 35.5 Å². The van der Waals surface area contributed by atoms with Crippen LogP contribution in [-0.4, -0.2) is 70.6 Å². The lowest BCUT2D eigenvalue weighted by atomic mass is 10.1. The smallest absolute Gasteiger partial charge is 0.326 e. The minimum Gasteiger partial charge on any atom is -0.480 e. The number of thioether (sulfide) groups is 1. The number of carbonyl (C=O) groups is 4. The van der Waals surface area contributed by atoms with E-state index in [1.54, 1.807) is 6.26 Å². The zero-order chi connectivity index (χ0) is 18.0. The zero-order valence-corrected chi connectivity index (χ0v) is 13.5. The Morgan fingerprint density at radius 1 is 1.13 bits per heavy atom. The molecule has 10 nitrogen and oxygen atoms in total. The standard InChI is InChI=1S/C12H22N4O6S/c1-23-3-2-7(12(21)22)15-11(20)8(4-9(14)18)16-10(19)6(13)5-17/h6-8,17H,2-5,13H2,1H3,(H2,14,18)(H,15,20)(H,16,19)(H,21,22). The second kappa shape index (κ2) is 10.8. The molecule has 0 rings (SSSR count). The van der Waals surface area contributed by atoms with Gasteiger partial charge in [0, 0.05) is 0 Å². The van der Waals surface area contributed by atoms with Crippen molar-refractivity contribution in [2.24, 2.45) is 11.5 Å². The normalized spacial score (nSPS) is 14.4. The maximum Gasteiger partial charge on any atom is 0.326 e. The Kier molecular flexibility index (Phi) is 9.94. The summed E-state index contributed by atoms with van der Waals surface area (Å²) in [5.74, 6) is -3.32. The summed E-state index contributed by atoms with van der Waals surface area (Å²) in [6, 6.07) is -3.80. The monoisotopic (exact) mass is 350 g/mol. The SMILES string of the molecule is CSCCC(NC(=O)C(CC(N)=O)NC(=O)C(N)CO)C(=O)O. The van der Waals surface area contributed by atoms with Crippen molar-refractivity contribution in [3.63, 3.8) is 0 Å². The quantitative estimate of drug-likeness (QED) is 0.227. The van der Waals surface area contributed by atoms with E-state index in [-0.39, 0.29) is 6.42 Å². The first-order valence-corrected chi connectivity index (χ1v) is 8.09. The number of hydrogen-bond acceptors (Lipinski definition) is 7. The van der Waals surface area contributed by atoms with E-state index in [0.29, 0.717) is 5.75 Å². The maximum absolute atomic E-state index is 12.1. The van der Waals surface area contributed by atoms with Crippen LogP contribution in [0.4, 0.5) is 0 Å². The molecule has 0 aromatic rings. The van der Waals surface area contributed by atoms with Crippen LogP contribution in [0.2, 0.25) is 0 Å². The minimum atomic E-state index is -1.37. The third kappa shape index (κ3) is 8.38. The Labute approximate surface area is 137 Å². The minimum absolute atomic E-state index is 0.176. The molecule has 0 aromatic carbocycles. The van der Waals surface area contributed by atoms with Crippen LogP contribution in [0.1, 0.15) is 12.8 Å². The second-order valence-electron chi connectivity index (χ2n) is 4.70. The van der Waals surface area contributed by atoms with Crippen LogP contribution in [0.15, 0.2) is 0 Å². The van der Waals surface area contributed by atoms with Gasteiger partial charge in [0.05, 0.1) is 13.0 Å². The van der Waals surface area contributed by atoms with E-state index in [1.807, 2.05) is 0 Å². The summed E-state index contributed by atoms with van der Waals surface area (Å²) >= 11 is 1.41. The highest BCUT2D eigenvalue weighted by molar-refractivity contribution is 7.98. The number of hydrogen-bond donors (Lipinski definition) is 6. The van der Waals surface area contributed by atoms with Crippen molar-refractivity contribution in [1.29, 1.82) is 0 Å². The molecule has 3 amide bonds. The van der Waals surface area contributed by atoms with Gasteiger partial charge in [0.25, 0.3) is 0 Å². The largest absolute Gasteiger partial charge is 0.480 e. The first kappa shape index (κ1) is 21.1. The highest BCUT2D eigenvalue weighted by Crippen LogP contribution is 2.03. The molecule has 0 aliphatic rings. The fourth-order valence-corrected chi connectivity index (χ4v) is 2.01. The van der Waals surface area contributed by atoms with Gasteiger partial charge in [-0.2, -0.15) is 11.8 Å². The number of primary amides is 1. The van der Waals surface area contributed by atoms with Crippen LogP contribution in [0.5, 0.6) is 0 Å². The average Bonchev–Trinajstić information content (AvgIpc) is 2.48. The molecule has 0 heterocycles. The van der Waals surface area contributed by atoms with Gasteiger partial charge >= 0.3 is 5.97 Å². The van der Waals surface area contributed by atoms with Crippen molar-refractivity contribution in [2.45, 2.75) is 31.0 Å². The lowest BCUT2D eigenvalue weighted by Crippen LogP contribution is -2.56. The molecule has 8 N–H and O–H groups in total. The maximum atomic E-state index is 12.1. The Balaban J connectivity index is 4.93. The molecule has 0 saturated heterocycles. The molecule has 0 fully saturated rings. The Morgan fingerprint density at radius 3 is 2.13 bits per heavy atom. The van der Waals surface area contributed by atoms with E-state index in [9.17, 15) is 19.2 Å². The molecule has 0 aromatic heterocycles. The molecular formula is C12H22N4O6S. The van der Waals surface area contributed by atoms with Crippen LogP contribution in [-0.2, 0) is 19.2 Å². The number of aliphatic hydroxyl groups is 1. The summed E-state index contributed by atoms with van der Waals surface area (Å²) in [4.78, 5) is 45.8. The summed E-state index contributed by atoms with van der Waals surface area (Å²) in [6.07, 6.45) is 1.44.